The quantitative estimate of drug-likeness (QED) is 0.544. The molecule has 13 heavy (non-hydrogen) atoms. The molecule has 0 fully saturated rings. The Morgan fingerprint density at radius 2 is 2.31 bits per heavy atom. The second-order valence-electron chi connectivity index (χ2n) is 3.08. The van der Waals surface area contributed by atoms with Crippen molar-refractivity contribution >= 4 is 5.69 Å². The summed E-state index contributed by atoms with van der Waals surface area (Å²) < 4.78 is 0. The summed E-state index contributed by atoms with van der Waals surface area (Å²) >= 11 is 0. The Bertz CT molecular complexity index is 296. The first-order valence-corrected chi connectivity index (χ1v) is 4.53. The minimum Gasteiger partial charge on any atom is -0.385 e. The highest BCUT2D eigenvalue weighted by Gasteiger charge is 1.90. The lowest BCUT2D eigenvalue weighted by molar-refractivity contribution is 0.906. The number of aryl methyl sites for hydroxylation is 1. The van der Waals surface area contributed by atoms with Crippen molar-refractivity contribution in [2.75, 3.05) is 11.9 Å². The van der Waals surface area contributed by atoms with Crippen LogP contribution in [0.1, 0.15) is 18.4 Å². The molecule has 0 unspecified atom stereocenters. The van der Waals surface area contributed by atoms with Gasteiger partial charge in [-0.1, -0.05) is 18.1 Å². The zero-order chi connectivity index (χ0) is 9.52. The molecule has 0 saturated carbocycles. The summed E-state index contributed by atoms with van der Waals surface area (Å²) in [6.07, 6.45) is 8.45. The highest BCUT2D eigenvalue weighted by molar-refractivity contribution is 5.45. The van der Waals surface area contributed by atoms with Gasteiger partial charge < -0.3 is 5.32 Å². The molecule has 0 spiro atoms. The first-order valence-electron chi connectivity index (χ1n) is 4.53. The molecular weight excluding hydrogens is 158 g/mol. The molecule has 67 valence electrons. The number of nitrogens with one attached hydrogen (secondary N) is 1. The molecule has 1 N–H and O–H groups in total. The van der Waals surface area contributed by atoms with E-state index in [1.165, 1.54) is 5.56 Å². The van der Waals surface area contributed by atoms with Crippen LogP contribution in [0, 0.1) is 19.3 Å². The fourth-order valence-corrected chi connectivity index (χ4v) is 1.16. The van der Waals surface area contributed by atoms with Gasteiger partial charge in [0, 0.05) is 18.7 Å². The molecule has 1 aromatic carbocycles. The monoisotopic (exact) mass is 172 g/mol. The molecule has 0 aromatic heterocycles. The molecule has 0 amide bonds. The summed E-state index contributed by atoms with van der Waals surface area (Å²) in [5.74, 6) is 2.38. The molecular formula is C12H14N. The van der Waals surface area contributed by atoms with Crippen molar-refractivity contribution in [2.24, 2.45) is 0 Å². The van der Waals surface area contributed by atoms with Gasteiger partial charge in [0.2, 0.25) is 0 Å². The molecule has 1 heteroatoms. The van der Waals surface area contributed by atoms with Crippen molar-refractivity contribution in [3.05, 3.63) is 36.3 Å². The number of rotatable bonds is 4. The van der Waals surface area contributed by atoms with Crippen molar-refractivity contribution in [1.82, 2.24) is 0 Å². The summed E-state index contributed by atoms with van der Waals surface area (Å²) in [6, 6.07) is 8.30. The van der Waals surface area contributed by atoms with Crippen molar-refractivity contribution in [2.45, 2.75) is 19.8 Å². The van der Waals surface area contributed by atoms with Gasteiger partial charge in [-0.05, 0) is 37.5 Å². The standard InChI is InChI=1S/C12H14N/c1-3-4-5-9-13-12-8-6-7-11(2)10-12/h6-8,10,13H,4-5,9H2,2H3. The molecule has 0 aliphatic rings. The fourth-order valence-electron chi connectivity index (χ4n) is 1.16. The van der Waals surface area contributed by atoms with Crippen LogP contribution in [-0.2, 0) is 0 Å². The van der Waals surface area contributed by atoms with E-state index in [0.29, 0.717) is 0 Å². The molecule has 0 heterocycles. The second kappa shape index (κ2) is 5.27. The second-order valence-corrected chi connectivity index (χ2v) is 3.08. The number of benzene rings is 1. The van der Waals surface area contributed by atoms with E-state index < -0.39 is 0 Å². The highest BCUT2D eigenvalue weighted by atomic mass is 14.9. The Balaban J connectivity index is 2.33. The average molecular weight is 172 g/mol. The van der Waals surface area contributed by atoms with Crippen molar-refractivity contribution in [3.63, 3.8) is 0 Å². The van der Waals surface area contributed by atoms with Gasteiger partial charge in [-0.2, -0.15) is 0 Å². The van der Waals surface area contributed by atoms with Crippen molar-refractivity contribution in [3.8, 4) is 5.92 Å². The van der Waals surface area contributed by atoms with Gasteiger partial charge in [0.15, 0.2) is 0 Å². The topological polar surface area (TPSA) is 12.0 Å². The van der Waals surface area contributed by atoms with E-state index in [1.807, 2.05) is 6.07 Å². The average Bonchev–Trinajstić information content (AvgIpc) is 2.13. The molecule has 0 aliphatic heterocycles. The van der Waals surface area contributed by atoms with Crippen LogP contribution in [0.3, 0.4) is 0 Å². The lowest BCUT2D eigenvalue weighted by Gasteiger charge is -2.05. The number of unbranched alkanes of at least 4 members (excludes halogenated alkanes) is 1. The summed E-state index contributed by atoms with van der Waals surface area (Å²) in [6.45, 7) is 2.99. The SMILES string of the molecule is [C]#CCCCNc1cccc(C)c1. The first-order chi connectivity index (χ1) is 6.33. The Hall–Kier alpha value is -1.42. The van der Waals surface area contributed by atoms with Crippen LogP contribution in [0.5, 0.6) is 0 Å². The van der Waals surface area contributed by atoms with Crippen molar-refractivity contribution < 1.29 is 0 Å². The summed E-state index contributed by atoms with van der Waals surface area (Å²) in [5, 5.41) is 3.30. The predicted octanol–water partition coefficient (Wildman–Crippen LogP) is 2.78. The summed E-state index contributed by atoms with van der Waals surface area (Å²) in [5.41, 5.74) is 2.42. The van der Waals surface area contributed by atoms with Gasteiger partial charge in [-0.15, -0.1) is 0 Å². The third-order valence-electron chi connectivity index (χ3n) is 1.83. The van der Waals surface area contributed by atoms with Crippen LogP contribution < -0.4 is 5.32 Å². The molecule has 0 atom stereocenters. The maximum absolute atomic E-state index is 6.74. The fraction of sp³-hybridized carbons (Fsp3) is 0.333. The smallest absolute Gasteiger partial charge is 0.0342 e. The maximum Gasteiger partial charge on any atom is 0.0342 e. The van der Waals surface area contributed by atoms with E-state index in [9.17, 15) is 0 Å². The lowest BCUT2D eigenvalue weighted by Crippen LogP contribution is -2.00. The molecule has 0 aliphatic carbocycles. The predicted molar refractivity (Wildman–Crippen MR) is 56.0 cm³/mol. The first kappa shape index (κ1) is 9.67. The molecule has 0 saturated heterocycles. The Kier molecular flexibility index (Phi) is 3.92. The van der Waals surface area contributed by atoms with Crippen LogP contribution in [-0.4, -0.2) is 6.54 Å². The minimum atomic E-state index is 0.735. The highest BCUT2D eigenvalue weighted by Crippen LogP contribution is 2.09. The van der Waals surface area contributed by atoms with E-state index >= 15 is 0 Å². The van der Waals surface area contributed by atoms with Gasteiger partial charge in [-0.25, -0.2) is 0 Å². The summed E-state index contributed by atoms with van der Waals surface area (Å²) in [4.78, 5) is 0. The largest absolute Gasteiger partial charge is 0.385 e. The van der Waals surface area contributed by atoms with Crippen LogP contribution in [0.25, 0.3) is 0 Å². The van der Waals surface area contributed by atoms with Gasteiger partial charge in [-0.3, -0.25) is 0 Å². The minimum absolute atomic E-state index is 0.735. The number of hydrogen-bond donors (Lipinski definition) is 1. The maximum atomic E-state index is 6.74. The lowest BCUT2D eigenvalue weighted by atomic mass is 10.2. The molecule has 1 radical (unpaired) electrons. The van der Waals surface area contributed by atoms with Crippen LogP contribution in [0.2, 0.25) is 0 Å². The van der Waals surface area contributed by atoms with Crippen LogP contribution >= 0.6 is 0 Å². The third-order valence-corrected chi connectivity index (χ3v) is 1.83. The Morgan fingerprint density at radius 3 is 3.00 bits per heavy atom. The molecule has 1 nitrogen and oxygen atoms in total. The molecule has 1 aromatic rings. The van der Waals surface area contributed by atoms with Gasteiger partial charge >= 0.3 is 0 Å². The Labute approximate surface area is 80.2 Å². The van der Waals surface area contributed by atoms with E-state index in [4.69, 9.17) is 6.42 Å². The van der Waals surface area contributed by atoms with Crippen molar-refractivity contribution in [1.29, 1.82) is 0 Å². The zero-order valence-corrected chi connectivity index (χ0v) is 7.93. The van der Waals surface area contributed by atoms with E-state index in [0.717, 1.165) is 25.1 Å². The van der Waals surface area contributed by atoms with E-state index in [1.54, 1.807) is 0 Å². The van der Waals surface area contributed by atoms with E-state index in [2.05, 4.69) is 36.4 Å². The van der Waals surface area contributed by atoms with Gasteiger partial charge in [0.1, 0.15) is 0 Å². The number of anilines is 1. The molecule has 0 bridgehead atoms. The van der Waals surface area contributed by atoms with E-state index in [-0.39, 0.29) is 0 Å². The number of hydrogen-bond acceptors (Lipinski definition) is 1. The summed E-state index contributed by atoms with van der Waals surface area (Å²) in [7, 11) is 0. The van der Waals surface area contributed by atoms with Gasteiger partial charge in [0.25, 0.3) is 0 Å². The Morgan fingerprint density at radius 1 is 1.46 bits per heavy atom. The van der Waals surface area contributed by atoms with Crippen LogP contribution in [0.4, 0.5) is 5.69 Å². The third kappa shape index (κ3) is 3.66. The van der Waals surface area contributed by atoms with Crippen LogP contribution in [0.15, 0.2) is 24.3 Å². The zero-order valence-electron chi connectivity index (χ0n) is 7.93. The normalized spacial score (nSPS) is 9.23. The van der Waals surface area contributed by atoms with Gasteiger partial charge in [0.05, 0.1) is 0 Å². The molecule has 1 rings (SSSR count).